The van der Waals surface area contributed by atoms with Crippen LogP contribution in [0.15, 0.2) is 18.5 Å². The molecule has 0 amide bonds. The molecule has 3 nitrogen and oxygen atoms in total. The van der Waals surface area contributed by atoms with E-state index in [-0.39, 0.29) is 11.0 Å². The highest BCUT2D eigenvalue weighted by Gasteiger charge is 2.23. The Morgan fingerprint density at radius 3 is 3.12 bits per heavy atom. The minimum atomic E-state index is 0.0763. The first kappa shape index (κ1) is 12.8. The van der Waals surface area contributed by atoms with Crippen LogP contribution in [0.1, 0.15) is 17.3 Å². The van der Waals surface area contributed by atoms with Crippen LogP contribution in [0.2, 0.25) is 0 Å². The number of nitrogens with zero attached hydrogens (tertiary/aromatic N) is 1. The zero-order chi connectivity index (χ0) is 12.1. The molecule has 0 N–H and O–H groups in total. The van der Waals surface area contributed by atoms with Gasteiger partial charge in [0.05, 0.1) is 18.1 Å². The van der Waals surface area contributed by atoms with E-state index in [1.165, 1.54) is 0 Å². The monoisotopic (exact) mass is 269 g/mol. The summed E-state index contributed by atoms with van der Waals surface area (Å²) in [6.07, 6.45) is 3.27. The van der Waals surface area contributed by atoms with Crippen molar-refractivity contribution in [2.75, 3.05) is 23.9 Å². The van der Waals surface area contributed by atoms with Crippen LogP contribution in [-0.4, -0.2) is 39.9 Å². The number of carbonyl (C=O) groups excluding carboxylic acids is 1. The Morgan fingerprint density at radius 1 is 1.53 bits per heavy atom. The van der Waals surface area contributed by atoms with E-state index >= 15 is 0 Å². The normalized spacial score (nSPS) is 19.9. The van der Waals surface area contributed by atoms with Crippen molar-refractivity contribution in [3.05, 3.63) is 24.0 Å². The van der Waals surface area contributed by atoms with E-state index in [1.807, 2.05) is 18.7 Å². The number of rotatable bonds is 4. The molecule has 1 aromatic heterocycles. The van der Waals surface area contributed by atoms with Gasteiger partial charge < -0.3 is 4.74 Å². The highest BCUT2D eigenvalue weighted by atomic mass is 32.2. The molecule has 1 aromatic rings. The lowest BCUT2D eigenvalue weighted by Gasteiger charge is -2.19. The van der Waals surface area contributed by atoms with E-state index in [0.29, 0.717) is 17.9 Å². The second-order valence-corrected chi connectivity index (χ2v) is 6.10. The Hall–Kier alpha value is -0.680. The molecule has 2 rings (SSSR count). The van der Waals surface area contributed by atoms with Crippen molar-refractivity contribution in [1.82, 2.24) is 4.98 Å². The molecule has 0 radical (unpaired) electrons. The smallest absolute Gasteiger partial charge is 0.178 e. The van der Waals surface area contributed by atoms with Gasteiger partial charge in [-0.15, -0.1) is 11.8 Å². The second kappa shape index (κ2) is 6.31. The largest absolute Gasteiger partial charge is 0.492 e. The Labute approximate surface area is 110 Å². The fourth-order valence-electron chi connectivity index (χ4n) is 1.62. The first-order chi connectivity index (χ1) is 8.31. The standard InChI is InChI=1S/C12H15NO2S2/c1-2-15-10-5-9(6-13-7-10)12(14)11-8-16-3-4-17-11/h5-7,11H,2-4,8H2,1H3. The lowest BCUT2D eigenvalue weighted by molar-refractivity contribution is 0.0994. The van der Waals surface area contributed by atoms with Crippen molar-refractivity contribution < 1.29 is 9.53 Å². The molecule has 5 heteroatoms. The number of thioether (sulfide) groups is 2. The van der Waals surface area contributed by atoms with Gasteiger partial charge in [-0.3, -0.25) is 9.78 Å². The van der Waals surface area contributed by atoms with Crippen molar-refractivity contribution in [3.63, 3.8) is 0 Å². The van der Waals surface area contributed by atoms with Crippen LogP contribution in [0.5, 0.6) is 5.75 Å². The average Bonchev–Trinajstić information content (AvgIpc) is 2.40. The minimum absolute atomic E-state index is 0.0763. The van der Waals surface area contributed by atoms with E-state index in [0.717, 1.165) is 17.3 Å². The van der Waals surface area contributed by atoms with Crippen LogP contribution >= 0.6 is 23.5 Å². The molecule has 1 atom stereocenters. The van der Waals surface area contributed by atoms with Crippen molar-refractivity contribution in [2.45, 2.75) is 12.2 Å². The fourth-order valence-corrected chi connectivity index (χ4v) is 4.26. The first-order valence-electron chi connectivity index (χ1n) is 5.62. The first-order valence-corrected chi connectivity index (χ1v) is 7.83. The maximum Gasteiger partial charge on any atom is 0.178 e. The summed E-state index contributed by atoms with van der Waals surface area (Å²) in [7, 11) is 0. The van der Waals surface area contributed by atoms with Gasteiger partial charge in [0.2, 0.25) is 0 Å². The highest BCUT2D eigenvalue weighted by Crippen LogP contribution is 2.27. The number of ether oxygens (including phenoxy) is 1. The van der Waals surface area contributed by atoms with Gasteiger partial charge >= 0.3 is 0 Å². The molecule has 1 aliphatic rings. The topological polar surface area (TPSA) is 39.2 Å². The molecular weight excluding hydrogens is 254 g/mol. The van der Waals surface area contributed by atoms with Gasteiger partial charge in [0.15, 0.2) is 5.78 Å². The molecule has 1 unspecified atom stereocenters. The Balaban J connectivity index is 2.09. The molecule has 1 saturated heterocycles. The number of hydrogen-bond acceptors (Lipinski definition) is 5. The van der Waals surface area contributed by atoms with Gasteiger partial charge in [0, 0.05) is 29.0 Å². The average molecular weight is 269 g/mol. The van der Waals surface area contributed by atoms with Crippen LogP contribution in [0.25, 0.3) is 0 Å². The van der Waals surface area contributed by atoms with E-state index in [1.54, 1.807) is 30.2 Å². The van der Waals surface area contributed by atoms with Crippen LogP contribution in [0.4, 0.5) is 0 Å². The van der Waals surface area contributed by atoms with Crippen LogP contribution in [-0.2, 0) is 0 Å². The maximum atomic E-state index is 12.2. The van der Waals surface area contributed by atoms with Crippen molar-refractivity contribution in [2.24, 2.45) is 0 Å². The molecule has 17 heavy (non-hydrogen) atoms. The number of aromatic nitrogens is 1. The summed E-state index contributed by atoms with van der Waals surface area (Å²) in [5.74, 6) is 3.95. The van der Waals surface area contributed by atoms with Crippen molar-refractivity contribution in [1.29, 1.82) is 0 Å². The zero-order valence-electron chi connectivity index (χ0n) is 9.72. The summed E-state index contributed by atoms with van der Waals surface area (Å²) in [6, 6.07) is 1.79. The summed E-state index contributed by atoms with van der Waals surface area (Å²) < 4.78 is 5.36. The third-order valence-electron chi connectivity index (χ3n) is 2.42. The number of ketones is 1. The predicted octanol–water partition coefficient (Wildman–Crippen LogP) is 2.51. The molecule has 0 bridgehead atoms. The van der Waals surface area contributed by atoms with Gasteiger partial charge in [0.1, 0.15) is 5.75 Å². The van der Waals surface area contributed by atoms with Crippen molar-refractivity contribution >= 4 is 29.3 Å². The van der Waals surface area contributed by atoms with E-state index in [9.17, 15) is 4.79 Å². The molecule has 1 aliphatic heterocycles. The van der Waals surface area contributed by atoms with Crippen LogP contribution < -0.4 is 4.74 Å². The van der Waals surface area contributed by atoms with Gasteiger partial charge in [-0.25, -0.2) is 0 Å². The summed E-state index contributed by atoms with van der Waals surface area (Å²) in [6.45, 7) is 2.51. The summed E-state index contributed by atoms with van der Waals surface area (Å²) in [4.78, 5) is 16.3. The highest BCUT2D eigenvalue weighted by molar-refractivity contribution is 8.07. The molecule has 2 heterocycles. The Morgan fingerprint density at radius 2 is 2.41 bits per heavy atom. The fraction of sp³-hybridized carbons (Fsp3) is 0.500. The van der Waals surface area contributed by atoms with Crippen LogP contribution in [0, 0.1) is 0 Å². The van der Waals surface area contributed by atoms with Gasteiger partial charge in [0.25, 0.3) is 0 Å². The lowest BCUT2D eigenvalue weighted by atomic mass is 10.1. The van der Waals surface area contributed by atoms with Crippen molar-refractivity contribution in [3.8, 4) is 5.75 Å². The minimum Gasteiger partial charge on any atom is -0.492 e. The number of Topliss-reactive ketones (excluding diaryl/α,β-unsaturated/α-hetero) is 1. The summed E-state index contributed by atoms with van der Waals surface area (Å²) >= 11 is 3.59. The number of hydrogen-bond donors (Lipinski definition) is 0. The van der Waals surface area contributed by atoms with Gasteiger partial charge in [-0.2, -0.15) is 11.8 Å². The Kier molecular flexibility index (Phi) is 4.74. The lowest BCUT2D eigenvalue weighted by Crippen LogP contribution is -2.24. The summed E-state index contributed by atoms with van der Waals surface area (Å²) in [5.41, 5.74) is 0.663. The third-order valence-corrected chi connectivity index (χ3v) is 5.17. The molecule has 0 aliphatic carbocycles. The predicted molar refractivity (Wildman–Crippen MR) is 73.3 cm³/mol. The Bertz CT molecular complexity index is 392. The second-order valence-electron chi connectivity index (χ2n) is 3.64. The molecular formula is C12H15NO2S2. The van der Waals surface area contributed by atoms with E-state index in [2.05, 4.69) is 4.98 Å². The molecule has 1 fully saturated rings. The van der Waals surface area contributed by atoms with Gasteiger partial charge in [-0.05, 0) is 13.0 Å². The van der Waals surface area contributed by atoms with Gasteiger partial charge in [-0.1, -0.05) is 0 Å². The maximum absolute atomic E-state index is 12.2. The molecule has 0 saturated carbocycles. The summed E-state index contributed by atoms with van der Waals surface area (Å²) in [5, 5.41) is 0.0763. The number of carbonyl (C=O) groups is 1. The molecule has 0 spiro atoms. The zero-order valence-corrected chi connectivity index (χ0v) is 11.4. The quantitative estimate of drug-likeness (QED) is 0.785. The molecule has 92 valence electrons. The SMILES string of the molecule is CCOc1cncc(C(=O)C2CSCCS2)c1. The van der Waals surface area contributed by atoms with E-state index < -0.39 is 0 Å². The third kappa shape index (κ3) is 3.39. The number of pyridine rings is 1. The van der Waals surface area contributed by atoms with E-state index in [4.69, 9.17) is 4.74 Å². The van der Waals surface area contributed by atoms with Crippen LogP contribution in [0.3, 0.4) is 0 Å². The molecule has 0 aromatic carbocycles.